The number of hydrogen-bond donors (Lipinski definition) is 3. The summed E-state index contributed by atoms with van der Waals surface area (Å²) in [4.78, 5) is 29.3. The van der Waals surface area contributed by atoms with E-state index in [1.807, 2.05) is 30.3 Å². The van der Waals surface area contributed by atoms with Crippen molar-refractivity contribution in [3.05, 3.63) is 95.3 Å². The van der Waals surface area contributed by atoms with Crippen molar-refractivity contribution in [2.24, 2.45) is 0 Å². The van der Waals surface area contributed by atoms with Gasteiger partial charge in [0.2, 0.25) is 12.7 Å². The zero-order valence-corrected chi connectivity index (χ0v) is 23.8. The molecule has 0 saturated carbocycles. The molecular formula is C33H30N2O9. The molecule has 2 aliphatic heterocycles. The number of para-hydroxylation sites is 2. The fraction of sp³-hybridized carbons (Fsp3) is 0.273. The number of hydrogen-bond acceptors (Lipinski definition) is 9. The van der Waals surface area contributed by atoms with Crippen molar-refractivity contribution in [1.82, 2.24) is 10.2 Å². The predicted octanol–water partition coefficient (Wildman–Crippen LogP) is 3.14. The summed E-state index contributed by atoms with van der Waals surface area (Å²) in [6, 6.07) is 18.7. The average molecular weight is 599 g/mol. The van der Waals surface area contributed by atoms with Crippen LogP contribution in [-0.4, -0.2) is 72.2 Å². The molecular weight excluding hydrogens is 568 g/mol. The number of aliphatic hydroxyl groups excluding tert-OH is 2. The Balaban J connectivity index is 1.33. The highest BCUT2D eigenvalue weighted by Crippen LogP contribution is 2.47. The van der Waals surface area contributed by atoms with E-state index in [4.69, 9.17) is 23.4 Å². The molecule has 4 atom stereocenters. The van der Waals surface area contributed by atoms with Gasteiger partial charge in [0, 0.05) is 29.6 Å². The topological polar surface area (TPSA) is 140 Å². The molecule has 0 unspecified atom stereocenters. The van der Waals surface area contributed by atoms with Crippen LogP contribution in [0.3, 0.4) is 0 Å². The van der Waals surface area contributed by atoms with Crippen LogP contribution < -0.4 is 24.3 Å². The summed E-state index contributed by atoms with van der Waals surface area (Å²) in [6.45, 7) is -0.0577. The van der Waals surface area contributed by atoms with Crippen LogP contribution in [0.5, 0.6) is 23.0 Å². The van der Waals surface area contributed by atoms with E-state index in [-0.39, 0.29) is 32.2 Å². The summed E-state index contributed by atoms with van der Waals surface area (Å²) in [6.07, 6.45) is -0.434. The summed E-state index contributed by atoms with van der Waals surface area (Å²) >= 11 is 0. The molecule has 3 aromatic carbocycles. The van der Waals surface area contributed by atoms with Gasteiger partial charge >= 0.3 is 0 Å². The SMILES string of the molecule is COc1cccc2cc(C(=O)N(Cc3ccc4c(c3)OCO4)[C@@H]3C=C(C(=O)NCCO)[C@@H]4c5ccccc5O[C@@H]4[C@H]3O)oc12. The average Bonchev–Trinajstić information content (AvgIpc) is 3.79. The van der Waals surface area contributed by atoms with Gasteiger partial charge in [0.15, 0.2) is 28.6 Å². The van der Waals surface area contributed by atoms with Crippen LogP contribution in [0, 0.1) is 0 Å². The van der Waals surface area contributed by atoms with Crippen molar-refractivity contribution in [3.63, 3.8) is 0 Å². The minimum atomic E-state index is -1.21. The largest absolute Gasteiger partial charge is 0.493 e. The van der Waals surface area contributed by atoms with Crippen LogP contribution in [0.1, 0.15) is 27.6 Å². The van der Waals surface area contributed by atoms with Gasteiger partial charge in [-0.15, -0.1) is 0 Å². The molecule has 0 saturated heterocycles. The summed E-state index contributed by atoms with van der Waals surface area (Å²) in [7, 11) is 1.52. The molecule has 0 fully saturated rings. The predicted molar refractivity (Wildman–Crippen MR) is 157 cm³/mol. The molecule has 3 aliphatic rings. The Hall–Kier alpha value is -5.00. The molecule has 11 heteroatoms. The maximum absolute atomic E-state index is 14.4. The summed E-state index contributed by atoms with van der Waals surface area (Å²) in [5.74, 6) is 0.702. The number of furan rings is 1. The maximum atomic E-state index is 14.4. The van der Waals surface area contributed by atoms with Crippen LogP contribution in [0.4, 0.5) is 0 Å². The molecule has 226 valence electrons. The lowest BCUT2D eigenvalue weighted by Crippen LogP contribution is -2.55. The van der Waals surface area contributed by atoms with Gasteiger partial charge in [0.05, 0.1) is 25.7 Å². The van der Waals surface area contributed by atoms with E-state index in [2.05, 4.69) is 5.32 Å². The molecule has 7 rings (SSSR count). The molecule has 0 radical (unpaired) electrons. The number of benzene rings is 3. The Morgan fingerprint density at radius 1 is 1.02 bits per heavy atom. The van der Waals surface area contributed by atoms with Gasteiger partial charge < -0.3 is 43.8 Å². The summed E-state index contributed by atoms with van der Waals surface area (Å²) in [5.41, 5.74) is 2.22. The first-order chi connectivity index (χ1) is 21.5. The number of nitrogens with one attached hydrogen (secondary N) is 1. The number of aliphatic hydroxyl groups is 2. The maximum Gasteiger partial charge on any atom is 0.290 e. The molecule has 1 aromatic heterocycles. The van der Waals surface area contributed by atoms with E-state index in [0.29, 0.717) is 45.1 Å². The zero-order valence-electron chi connectivity index (χ0n) is 23.8. The smallest absolute Gasteiger partial charge is 0.290 e. The zero-order chi connectivity index (χ0) is 30.4. The van der Waals surface area contributed by atoms with Gasteiger partial charge in [0.1, 0.15) is 18.0 Å². The van der Waals surface area contributed by atoms with Crippen molar-refractivity contribution >= 4 is 22.8 Å². The van der Waals surface area contributed by atoms with Crippen LogP contribution in [-0.2, 0) is 11.3 Å². The third kappa shape index (κ3) is 4.70. The van der Waals surface area contributed by atoms with Gasteiger partial charge in [-0.2, -0.15) is 0 Å². The second-order valence-electron chi connectivity index (χ2n) is 10.8. The van der Waals surface area contributed by atoms with Crippen LogP contribution in [0.25, 0.3) is 11.0 Å². The first-order valence-electron chi connectivity index (χ1n) is 14.3. The van der Waals surface area contributed by atoms with Gasteiger partial charge in [-0.25, -0.2) is 0 Å². The van der Waals surface area contributed by atoms with Gasteiger partial charge in [0.25, 0.3) is 5.91 Å². The highest BCUT2D eigenvalue weighted by Gasteiger charge is 2.50. The molecule has 1 aliphatic carbocycles. The molecule has 0 spiro atoms. The summed E-state index contributed by atoms with van der Waals surface area (Å²) < 4.78 is 28.7. The number of fused-ring (bicyclic) bond motifs is 5. The number of carbonyl (C=O) groups excluding carboxylic acids is 2. The molecule has 3 N–H and O–H groups in total. The Labute approximate surface area is 252 Å². The monoisotopic (exact) mass is 598 g/mol. The standard InChI is InChI=1S/C33H30N2O9/c1-40-25-8-4-5-19-14-27(44-30(19)25)33(39)35(16-18-9-10-24-26(13-18)42-17-41-24)22-15-21(32(38)34-11-12-36)28-20-6-2-3-7-23(20)43-31(28)29(22)37/h2-10,13-15,22,28-29,31,36-37H,11-12,16-17H2,1H3,(H,34,38)/t22-,28+,29+,31+/m1/s1. The molecule has 44 heavy (non-hydrogen) atoms. The van der Waals surface area contributed by atoms with Crippen molar-refractivity contribution < 1.29 is 43.2 Å². The van der Waals surface area contributed by atoms with Gasteiger partial charge in [-0.3, -0.25) is 9.59 Å². The Kier molecular flexibility index (Phi) is 7.11. The molecule has 11 nitrogen and oxygen atoms in total. The number of rotatable bonds is 8. The van der Waals surface area contributed by atoms with E-state index in [0.717, 1.165) is 5.56 Å². The minimum absolute atomic E-state index is 0.0369. The Morgan fingerprint density at radius 2 is 1.86 bits per heavy atom. The lowest BCUT2D eigenvalue weighted by Gasteiger charge is -2.40. The lowest BCUT2D eigenvalue weighted by atomic mass is 9.77. The lowest BCUT2D eigenvalue weighted by molar-refractivity contribution is -0.118. The number of nitrogens with zero attached hydrogens (tertiary/aromatic N) is 1. The van der Waals surface area contributed by atoms with Crippen LogP contribution >= 0.6 is 0 Å². The molecule has 2 amide bonds. The minimum Gasteiger partial charge on any atom is -0.493 e. The fourth-order valence-corrected chi connectivity index (χ4v) is 6.18. The van der Waals surface area contributed by atoms with E-state index in [1.54, 1.807) is 42.5 Å². The highest BCUT2D eigenvalue weighted by atomic mass is 16.7. The van der Waals surface area contributed by atoms with Gasteiger partial charge in [-0.05, 0) is 42.0 Å². The van der Waals surface area contributed by atoms with E-state index < -0.39 is 36.0 Å². The van der Waals surface area contributed by atoms with E-state index in [1.165, 1.54) is 12.0 Å². The molecule has 3 heterocycles. The van der Waals surface area contributed by atoms with Crippen LogP contribution in [0.15, 0.2) is 82.8 Å². The number of amides is 2. The van der Waals surface area contributed by atoms with E-state index >= 15 is 0 Å². The first-order valence-corrected chi connectivity index (χ1v) is 14.3. The third-order valence-corrected chi connectivity index (χ3v) is 8.23. The number of ether oxygens (including phenoxy) is 4. The van der Waals surface area contributed by atoms with Crippen molar-refractivity contribution in [2.75, 3.05) is 27.1 Å². The van der Waals surface area contributed by atoms with Crippen molar-refractivity contribution in [1.29, 1.82) is 0 Å². The quantitative estimate of drug-likeness (QED) is 0.279. The number of carbonyl (C=O) groups is 2. The molecule has 4 aromatic rings. The molecule has 0 bridgehead atoms. The number of methoxy groups -OCH3 is 1. The first kappa shape index (κ1) is 27.8. The Bertz CT molecular complexity index is 1780. The third-order valence-electron chi connectivity index (χ3n) is 8.23. The van der Waals surface area contributed by atoms with E-state index in [9.17, 15) is 19.8 Å². The fourth-order valence-electron chi connectivity index (χ4n) is 6.18. The van der Waals surface area contributed by atoms with Crippen molar-refractivity contribution in [3.8, 4) is 23.0 Å². The van der Waals surface area contributed by atoms with Crippen molar-refractivity contribution in [2.45, 2.75) is 30.7 Å². The second kappa shape index (κ2) is 11.3. The van der Waals surface area contributed by atoms with Crippen LogP contribution in [0.2, 0.25) is 0 Å². The second-order valence-corrected chi connectivity index (χ2v) is 10.8. The van der Waals surface area contributed by atoms with Gasteiger partial charge in [-0.1, -0.05) is 36.4 Å². The normalized spacial score (nSPS) is 21.2. The Morgan fingerprint density at radius 3 is 2.70 bits per heavy atom. The summed E-state index contributed by atoms with van der Waals surface area (Å²) in [5, 5.41) is 24.7. The highest BCUT2D eigenvalue weighted by molar-refractivity contribution is 5.99.